The smallest absolute Gasteiger partial charge is 0.149 e. The van der Waals surface area contributed by atoms with Crippen LogP contribution in [0.4, 0.5) is 0 Å². The van der Waals surface area contributed by atoms with Crippen molar-refractivity contribution in [2.24, 2.45) is 7.05 Å². The normalized spacial score (nSPS) is 10.6. The van der Waals surface area contributed by atoms with Gasteiger partial charge in [-0.25, -0.2) is 0 Å². The van der Waals surface area contributed by atoms with E-state index in [-0.39, 0.29) is 5.78 Å². The first-order valence-corrected chi connectivity index (χ1v) is 7.39. The minimum Gasteiger partial charge on any atom is -0.298 e. The maximum Gasteiger partial charge on any atom is 0.149 e. The van der Waals surface area contributed by atoms with E-state index in [9.17, 15) is 4.79 Å². The number of nitrogens with zero attached hydrogens (tertiary/aromatic N) is 2. The van der Waals surface area contributed by atoms with Gasteiger partial charge in [-0.15, -0.1) is 11.8 Å². The van der Waals surface area contributed by atoms with Gasteiger partial charge >= 0.3 is 0 Å². The quantitative estimate of drug-likeness (QED) is 0.760. The lowest BCUT2D eigenvalue weighted by atomic mass is 10.2. The van der Waals surface area contributed by atoms with Gasteiger partial charge < -0.3 is 0 Å². The summed E-state index contributed by atoms with van der Waals surface area (Å²) in [6.45, 7) is 2.07. The molecule has 1 aromatic heterocycles. The molecule has 2 aromatic rings. The third-order valence-corrected chi connectivity index (χ3v) is 3.98. The second-order valence-electron chi connectivity index (χ2n) is 4.42. The zero-order chi connectivity index (χ0) is 13.7. The number of thioether (sulfide) groups is 1. The van der Waals surface area contributed by atoms with E-state index in [0.717, 1.165) is 22.7 Å². The third-order valence-electron chi connectivity index (χ3n) is 2.91. The molecule has 0 saturated heterocycles. The van der Waals surface area contributed by atoms with Crippen LogP contribution >= 0.6 is 11.8 Å². The van der Waals surface area contributed by atoms with Gasteiger partial charge in [-0.05, 0) is 24.6 Å². The minimum atomic E-state index is 0.236. The highest BCUT2D eigenvalue weighted by atomic mass is 32.2. The molecule has 1 aromatic carbocycles. The molecule has 3 nitrogen and oxygen atoms in total. The molecular weight excluding hydrogens is 256 g/mol. The van der Waals surface area contributed by atoms with Crippen LogP contribution in [0, 0.1) is 0 Å². The van der Waals surface area contributed by atoms with Crippen LogP contribution in [-0.4, -0.2) is 21.3 Å². The third kappa shape index (κ3) is 3.96. The van der Waals surface area contributed by atoms with Gasteiger partial charge in [-0.3, -0.25) is 9.48 Å². The molecule has 4 heteroatoms. The molecule has 0 amide bonds. The number of Topliss-reactive ketones (excluding diaryl/α,β-unsaturated/α-hetero) is 1. The monoisotopic (exact) mass is 274 g/mol. The molecule has 0 aliphatic rings. The summed E-state index contributed by atoms with van der Waals surface area (Å²) in [5, 5.41) is 4.36. The van der Waals surface area contributed by atoms with Crippen molar-refractivity contribution in [1.82, 2.24) is 9.78 Å². The van der Waals surface area contributed by atoms with Gasteiger partial charge in [-0.1, -0.05) is 25.1 Å². The summed E-state index contributed by atoms with van der Waals surface area (Å²) in [5.74, 6) is 0.746. The Kier molecular flexibility index (Phi) is 4.80. The lowest BCUT2D eigenvalue weighted by molar-refractivity contribution is -0.116. The highest BCUT2D eigenvalue weighted by Crippen LogP contribution is 2.17. The standard InChI is InChI=1S/C15H18N2OS/c1-3-12-9-13(17(2)16-12)10-14(18)11-19-15-7-5-4-6-8-15/h4-9H,3,10-11H2,1-2H3. The van der Waals surface area contributed by atoms with E-state index in [0.29, 0.717) is 12.2 Å². The summed E-state index contributed by atoms with van der Waals surface area (Å²) in [6.07, 6.45) is 1.37. The lowest BCUT2D eigenvalue weighted by Gasteiger charge is -2.02. The second kappa shape index (κ2) is 6.57. The lowest BCUT2D eigenvalue weighted by Crippen LogP contribution is -2.09. The van der Waals surface area contributed by atoms with E-state index in [2.05, 4.69) is 12.0 Å². The Bertz CT molecular complexity index is 549. The fraction of sp³-hybridized carbons (Fsp3) is 0.333. The van der Waals surface area contributed by atoms with Gasteiger partial charge in [0, 0.05) is 24.1 Å². The van der Waals surface area contributed by atoms with Crippen molar-refractivity contribution in [2.45, 2.75) is 24.7 Å². The fourth-order valence-corrected chi connectivity index (χ4v) is 2.62. The zero-order valence-corrected chi connectivity index (χ0v) is 12.1. The molecule has 0 fully saturated rings. The van der Waals surface area contributed by atoms with E-state index in [4.69, 9.17) is 0 Å². The largest absolute Gasteiger partial charge is 0.298 e. The van der Waals surface area contributed by atoms with E-state index < -0.39 is 0 Å². The molecule has 0 saturated carbocycles. The van der Waals surface area contributed by atoms with Crippen LogP contribution in [0.3, 0.4) is 0 Å². The van der Waals surface area contributed by atoms with Crippen molar-refractivity contribution >= 4 is 17.5 Å². The average molecular weight is 274 g/mol. The Labute approximate surface area is 118 Å². The van der Waals surface area contributed by atoms with Gasteiger partial charge in [0.15, 0.2) is 0 Å². The van der Waals surface area contributed by atoms with Crippen LogP contribution in [0.1, 0.15) is 18.3 Å². The molecule has 0 radical (unpaired) electrons. The van der Waals surface area contributed by atoms with Gasteiger partial charge in [0.05, 0.1) is 11.4 Å². The van der Waals surface area contributed by atoms with Gasteiger partial charge in [-0.2, -0.15) is 5.10 Å². The SMILES string of the molecule is CCc1cc(CC(=O)CSc2ccccc2)n(C)n1. The number of carbonyl (C=O) groups excluding carboxylic acids is 1. The van der Waals surface area contributed by atoms with Crippen molar-refractivity contribution < 1.29 is 4.79 Å². The summed E-state index contributed by atoms with van der Waals surface area (Å²) in [4.78, 5) is 13.1. The van der Waals surface area contributed by atoms with Gasteiger partial charge in [0.25, 0.3) is 0 Å². The Morgan fingerprint density at radius 1 is 1.32 bits per heavy atom. The molecule has 0 aliphatic carbocycles. The highest BCUT2D eigenvalue weighted by Gasteiger charge is 2.09. The van der Waals surface area contributed by atoms with Crippen molar-refractivity contribution in [2.75, 3.05) is 5.75 Å². The van der Waals surface area contributed by atoms with Crippen LogP contribution in [0.25, 0.3) is 0 Å². The summed E-state index contributed by atoms with van der Waals surface area (Å²) in [7, 11) is 1.89. The van der Waals surface area contributed by atoms with Gasteiger partial charge in [0.2, 0.25) is 0 Å². The zero-order valence-electron chi connectivity index (χ0n) is 11.3. The van der Waals surface area contributed by atoms with Crippen LogP contribution in [-0.2, 0) is 24.7 Å². The van der Waals surface area contributed by atoms with E-state index in [1.807, 2.05) is 48.1 Å². The maximum absolute atomic E-state index is 12.0. The number of hydrogen-bond donors (Lipinski definition) is 0. The van der Waals surface area contributed by atoms with E-state index >= 15 is 0 Å². The Morgan fingerprint density at radius 3 is 2.68 bits per heavy atom. The van der Waals surface area contributed by atoms with E-state index in [1.165, 1.54) is 0 Å². The number of carbonyl (C=O) groups is 1. The Balaban J connectivity index is 1.89. The molecule has 0 bridgehead atoms. The minimum absolute atomic E-state index is 0.236. The predicted octanol–water partition coefficient (Wildman–Crippen LogP) is 2.89. The molecule has 0 spiro atoms. The number of benzene rings is 1. The summed E-state index contributed by atoms with van der Waals surface area (Å²) < 4.78 is 1.81. The molecule has 2 rings (SSSR count). The van der Waals surface area contributed by atoms with Crippen LogP contribution in [0.5, 0.6) is 0 Å². The number of hydrogen-bond acceptors (Lipinski definition) is 3. The first-order valence-electron chi connectivity index (χ1n) is 6.40. The molecule has 19 heavy (non-hydrogen) atoms. The first kappa shape index (κ1) is 13.9. The van der Waals surface area contributed by atoms with Crippen molar-refractivity contribution in [3.8, 4) is 0 Å². The molecular formula is C15H18N2OS. The Morgan fingerprint density at radius 2 is 2.05 bits per heavy atom. The number of aromatic nitrogens is 2. The summed E-state index contributed by atoms with van der Waals surface area (Å²) in [6, 6.07) is 12.0. The van der Waals surface area contributed by atoms with Gasteiger partial charge in [0.1, 0.15) is 5.78 Å². The summed E-state index contributed by atoms with van der Waals surface area (Å²) in [5.41, 5.74) is 2.04. The molecule has 1 heterocycles. The topological polar surface area (TPSA) is 34.9 Å². The summed E-state index contributed by atoms with van der Waals surface area (Å²) >= 11 is 1.59. The van der Waals surface area contributed by atoms with Crippen LogP contribution in [0.15, 0.2) is 41.3 Å². The van der Waals surface area contributed by atoms with Crippen LogP contribution in [0.2, 0.25) is 0 Å². The van der Waals surface area contributed by atoms with Crippen molar-refractivity contribution in [3.05, 3.63) is 47.8 Å². The number of aryl methyl sites for hydroxylation is 2. The predicted molar refractivity (Wildman–Crippen MR) is 78.5 cm³/mol. The number of ketones is 1. The second-order valence-corrected chi connectivity index (χ2v) is 5.47. The number of rotatable bonds is 6. The van der Waals surface area contributed by atoms with Crippen LogP contribution < -0.4 is 0 Å². The van der Waals surface area contributed by atoms with E-state index in [1.54, 1.807) is 11.8 Å². The first-order chi connectivity index (χ1) is 9.19. The maximum atomic E-state index is 12.0. The van der Waals surface area contributed by atoms with Crippen molar-refractivity contribution in [1.29, 1.82) is 0 Å². The average Bonchev–Trinajstić information content (AvgIpc) is 2.78. The highest BCUT2D eigenvalue weighted by molar-refractivity contribution is 8.00. The van der Waals surface area contributed by atoms with Crippen molar-refractivity contribution in [3.63, 3.8) is 0 Å². The Hall–Kier alpha value is -1.55. The molecule has 0 aliphatic heterocycles. The fourth-order valence-electron chi connectivity index (χ4n) is 1.84. The molecule has 0 N–H and O–H groups in total. The molecule has 0 unspecified atom stereocenters. The molecule has 0 atom stereocenters. The molecule has 100 valence electrons.